The lowest BCUT2D eigenvalue weighted by molar-refractivity contribution is -0.122. The highest BCUT2D eigenvalue weighted by molar-refractivity contribution is 5.94. The quantitative estimate of drug-likeness (QED) is 0.820. The van der Waals surface area contributed by atoms with Crippen LogP contribution in [0.1, 0.15) is 54.9 Å². The van der Waals surface area contributed by atoms with Gasteiger partial charge in [-0.05, 0) is 44.2 Å². The highest BCUT2D eigenvalue weighted by Crippen LogP contribution is 2.22. The van der Waals surface area contributed by atoms with Crippen LogP contribution in [0, 0.1) is 12.8 Å². The second kappa shape index (κ2) is 8.70. The van der Waals surface area contributed by atoms with Crippen molar-refractivity contribution in [1.82, 2.24) is 10.2 Å². The molecule has 1 aliphatic heterocycles. The molecule has 23 heavy (non-hydrogen) atoms. The average molecular weight is 316 g/mol. The molecule has 0 unspecified atom stereocenters. The van der Waals surface area contributed by atoms with Gasteiger partial charge in [0.05, 0.1) is 0 Å². The maximum atomic E-state index is 12.5. The molecule has 0 aromatic heterocycles. The van der Waals surface area contributed by atoms with Crippen molar-refractivity contribution in [1.29, 1.82) is 0 Å². The average Bonchev–Trinajstić information content (AvgIpc) is 2.56. The van der Waals surface area contributed by atoms with E-state index in [9.17, 15) is 9.59 Å². The van der Waals surface area contributed by atoms with E-state index >= 15 is 0 Å². The Balaban J connectivity index is 1.76. The van der Waals surface area contributed by atoms with Crippen molar-refractivity contribution in [2.75, 3.05) is 19.6 Å². The van der Waals surface area contributed by atoms with E-state index < -0.39 is 0 Å². The lowest BCUT2D eigenvalue weighted by Gasteiger charge is -2.31. The predicted molar refractivity (Wildman–Crippen MR) is 92.3 cm³/mol. The Bertz CT molecular complexity index is 517. The van der Waals surface area contributed by atoms with Crippen molar-refractivity contribution in [2.24, 2.45) is 5.92 Å². The zero-order chi connectivity index (χ0) is 16.7. The molecule has 1 aromatic rings. The number of rotatable bonds is 6. The normalized spacial score (nSPS) is 15.5. The third kappa shape index (κ3) is 5.38. The number of unbranched alkanes of at least 4 members (excludes halogenated alkanes) is 1. The summed E-state index contributed by atoms with van der Waals surface area (Å²) in [6.07, 6.45) is 4.56. The van der Waals surface area contributed by atoms with Crippen molar-refractivity contribution in [3.05, 3.63) is 35.4 Å². The zero-order valence-electron chi connectivity index (χ0n) is 14.3. The van der Waals surface area contributed by atoms with Crippen molar-refractivity contribution < 1.29 is 9.59 Å². The Labute approximate surface area is 139 Å². The van der Waals surface area contributed by atoms with Crippen LogP contribution in [0.3, 0.4) is 0 Å². The first-order valence-electron chi connectivity index (χ1n) is 8.72. The van der Waals surface area contributed by atoms with Crippen molar-refractivity contribution in [3.8, 4) is 0 Å². The van der Waals surface area contributed by atoms with Gasteiger partial charge in [0.25, 0.3) is 5.91 Å². The molecule has 1 aliphatic rings. The molecule has 4 heteroatoms. The van der Waals surface area contributed by atoms with Gasteiger partial charge in [-0.25, -0.2) is 0 Å². The molecule has 1 aromatic carbocycles. The third-order valence-corrected chi connectivity index (χ3v) is 4.53. The summed E-state index contributed by atoms with van der Waals surface area (Å²) < 4.78 is 0. The zero-order valence-corrected chi connectivity index (χ0v) is 14.3. The first kappa shape index (κ1) is 17.5. The number of amides is 2. The number of likely N-dealkylation sites (tertiary alicyclic amines) is 1. The lowest BCUT2D eigenvalue weighted by atomic mass is 9.93. The molecular formula is C19H28N2O2. The molecule has 0 atom stereocenters. The molecular weight excluding hydrogens is 288 g/mol. The smallest absolute Gasteiger partial charge is 0.253 e. The summed E-state index contributed by atoms with van der Waals surface area (Å²) in [7, 11) is 0. The summed E-state index contributed by atoms with van der Waals surface area (Å²) in [6, 6.07) is 7.73. The summed E-state index contributed by atoms with van der Waals surface area (Å²) in [4.78, 5) is 26.2. The van der Waals surface area contributed by atoms with E-state index in [1.807, 2.05) is 36.1 Å². The van der Waals surface area contributed by atoms with Gasteiger partial charge in [-0.2, -0.15) is 0 Å². The maximum absolute atomic E-state index is 12.5. The van der Waals surface area contributed by atoms with Crippen LogP contribution in [0.4, 0.5) is 0 Å². The van der Waals surface area contributed by atoms with Gasteiger partial charge in [0.1, 0.15) is 0 Å². The number of aryl methyl sites for hydroxylation is 1. The van der Waals surface area contributed by atoms with Crippen LogP contribution in [-0.4, -0.2) is 36.3 Å². The molecule has 1 N–H and O–H groups in total. The highest BCUT2D eigenvalue weighted by atomic mass is 16.2. The van der Waals surface area contributed by atoms with Crippen LogP contribution in [0.15, 0.2) is 24.3 Å². The predicted octanol–water partition coefficient (Wildman–Crippen LogP) is 3.15. The van der Waals surface area contributed by atoms with E-state index in [-0.39, 0.29) is 11.8 Å². The number of piperidine rings is 1. The van der Waals surface area contributed by atoms with Gasteiger partial charge in [-0.15, -0.1) is 0 Å². The Morgan fingerprint density at radius 3 is 2.43 bits per heavy atom. The maximum Gasteiger partial charge on any atom is 0.253 e. The largest absolute Gasteiger partial charge is 0.356 e. The number of carbonyl (C=O) groups is 2. The van der Waals surface area contributed by atoms with Crippen LogP contribution < -0.4 is 5.32 Å². The second-order valence-corrected chi connectivity index (χ2v) is 6.51. The van der Waals surface area contributed by atoms with Gasteiger partial charge in [-0.1, -0.05) is 31.0 Å². The number of hydrogen-bond donors (Lipinski definition) is 1. The summed E-state index contributed by atoms with van der Waals surface area (Å²) in [5.74, 6) is 0.663. The number of nitrogens with zero attached hydrogens (tertiary/aromatic N) is 1. The van der Waals surface area contributed by atoms with E-state index in [1.165, 1.54) is 0 Å². The molecule has 4 nitrogen and oxygen atoms in total. The molecule has 0 aliphatic carbocycles. The summed E-state index contributed by atoms with van der Waals surface area (Å²) in [6.45, 7) is 6.41. The molecule has 1 heterocycles. The molecule has 1 fully saturated rings. The van der Waals surface area contributed by atoms with E-state index in [0.29, 0.717) is 12.3 Å². The summed E-state index contributed by atoms with van der Waals surface area (Å²) in [5.41, 5.74) is 1.92. The molecule has 1 saturated heterocycles. The van der Waals surface area contributed by atoms with E-state index in [0.717, 1.165) is 56.4 Å². The van der Waals surface area contributed by atoms with Gasteiger partial charge in [0.15, 0.2) is 0 Å². The second-order valence-electron chi connectivity index (χ2n) is 6.51. The standard InChI is InChI=1S/C19H28N2O2/c1-3-4-11-20-18(22)14-16-9-12-21(13-10-16)19(23)17-7-5-15(2)6-8-17/h5-8,16H,3-4,9-14H2,1-2H3,(H,20,22). The van der Waals surface area contributed by atoms with Crippen molar-refractivity contribution >= 4 is 11.8 Å². The van der Waals surface area contributed by atoms with Crippen LogP contribution in [0.5, 0.6) is 0 Å². The first-order valence-corrected chi connectivity index (χ1v) is 8.72. The highest BCUT2D eigenvalue weighted by Gasteiger charge is 2.24. The monoisotopic (exact) mass is 316 g/mol. The van der Waals surface area contributed by atoms with Gasteiger partial charge >= 0.3 is 0 Å². The van der Waals surface area contributed by atoms with Gasteiger partial charge in [0, 0.05) is 31.6 Å². The fourth-order valence-electron chi connectivity index (χ4n) is 2.96. The van der Waals surface area contributed by atoms with Crippen molar-refractivity contribution in [2.45, 2.75) is 46.0 Å². The summed E-state index contributed by atoms with van der Waals surface area (Å²) >= 11 is 0. The number of carbonyl (C=O) groups excluding carboxylic acids is 2. The molecule has 0 saturated carbocycles. The van der Waals surface area contributed by atoms with Gasteiger partial charge in [0.2, 0.25) is 5.91 Å². The van der Waals surface area contributed by atoms with E-state index in [2.05, 4.69) is 12.2 Å². The van der Waals surface area contributed by atoms with Crippen LogP contribution in [0.2, 0.25) is 0 Å². The first-order chi connectivity index (χ1) is 11.1. The fourth-order valence-corrected chi connectivity index (χ4v) is 2.96. The van der Waals surface area contributed by atoms with Crippen LogP contribution in [0.25, 0.3) is 0 Å². The molecule has 0 radical (unpaired) electrons. The molecule has 0 spiro atoms. The Kier molecular flexibility index (Phi) is 6.63. The summed E-state index contributed by atoms with van der Waals surface area (Å²) in [5, 5.41) is 2.98. The number of hydrogen-bond acceptors (Lipinski definition) is 2. The third-order valence-electron chi connectivity index (χ3n) is 4.53. The van der Waals surface area contributed by atoms with Crippen LogP contribution >= 0.6 is 0 Å². The Hall–Kier alpha value is -1.84. The minimum absolute atomic E-state index is 0.107. The number of nitrogens with one attached hydrogen (secondary N) is 1. The Morgan fingerprint density at radius 1 is 1.17 bits per heavy atom. The molecule has 2 rings (SSSR count). The van der Waals surface area contributed by atoms with E-state index in [4.69, 9.17) is 0 Å². The van der Waals surface area contributed by atoms with E-state index in [1.54, 1.807) is 0 Å². The Morgan fingerprint density at radius 2 is 1.83 bits per heavy atom. The molecule has 0 bridgehead atoms. The minimum Gasteiger partial charge on any atom is -0.356 e. The topological polar surface area (TPSA) is 49.4 Å². The number of benzene rings is 1. The van der Waals surface area contributed by atoms with Crippen LogP contribution in [-0.2, 0) is 4.79 Å². The fraction of sp³-hybridized carbons (Fsp3) is 0.579. The minimum atomic E-state index is 0.107. The van der Waals surface area contributed by atoms with Crippen molar-refractivity contribution in [3.63, 3.8) is 0 Å². The molecule has 126 valence electrons. The molecule has 2 amide bonds. The SMILES string of the molecule is CCCCNC(=O)CC1CCN(C(=O)c2ccc(C)cc2)CC1. The lowest BCUT2D eigenvalue weighted by Crippen LogP contribution is -2.39. The van der Waals surface area contributed by atoms with Gasteiger partial charge in [-0.3, -0.25) is 9.59 Å². The van der Waals surface area contributed by atoms with Gasteiger partial charge < -0.3 is 10.2 Å².